The van der Waals surface area contributed by atoms with E-state index >= 15 is 0 Å². The molecule has 0 saturated carbocycles. The van der Waals surface area contributed by atoms with Gasteiger partial charge in [0.2, 0.25) is 5.91 Å². The molecule has 2 unspecified atom stereocenters. The summed E-state index contributed by atoms with van der Waals surface area (Å²) in [4.78, 5) is 38.7. The highest BCUT2D eigenvalue weighted by Gasteiger charge is 2.34. The summed E-state index contributed by atoms with van der Waals surface area (Å²) < 4.78 is 11.5. The summed E-state index contributed by atoms with van der Waals surface area (Å²) in [5, 5.41) is 5.51. The first kappa shape index (κ1) is 21.9. The molecular weight excluding hydrogens is 509 g/mol. The lowest BCUT2D eigenvalue weighted by atomic mass is 10.1. The van der Waals surface area contributed by atoms with E-state index in [0.717, 1.165) is 16.4 Å². The van der Waals surface area contributed by atoms with Gasteiger partial charge >= 0.3 is 5.97 Å². The summed E-state index contributed by atoms with van der Waals surface area (Å²) in [5.41, 5.74) is 0.490. The molecule has 2 aliphatic rings. The molecule has 2 aliphatic heterocycles. The molecule has 3 rings (SSSR count). The van der Waals surface area contributed by atoms with Crippen LogP contribution in [0.25, 0.3) is 0 Å². The number of thiocarbonyl (C=S) groups is 1. The van der Waals surface area contributed by atoms with E-state index in [4.69, 9.17) is 21.7 Å². The fourth-order valence-electron chi connectivity index (χ4n) is 3.22. The number of nitrogens with one attached hydrogen (secondary N) is 2. The molecule has 0 radical (unpaired) electrons. The van der Waals surface area contributed by atoms with Gasteiger partial charge in [-0.1, -0.05) is 12.1 Å². The quantitative estimate of drug-likeness (QED) is 0.335. The summed E-state index contributed by atoms with van der Waals surface area (Å²) in [5.74, 6) is -1.18. The molecule has 156 valence electrons. The molecule has 10 heteroatoms. The van der Waals surface area contributed by atoms with Crippen molar-refractivity contribution in [1.82, 2.24) is 15.5 Å². The number of benzene rings is 1. The molecule has 0 aromatic heterocycles. The van der Waals surface area contributed by atoms with Gasteiger partial charge in [-0.05, 0) is 59.8 Å². The van der Waals surface area contributed by atoms with Gasteiger partial charge < -0.3 is 19.7 Å². The van der Waals surface area contributed by atoms with Crippen molar-refractivity contribution in [1.29, 1.82) is 0 Å². The number of ether oxygens (including phenoxy) is 2. The molecule has 0 spiro atoms. The third kappa shape index (κ3) is 5.86. The maximum atomic E-state index is 12.5. The Morgan fingerprint density at radius 1 is 1.38 bits per heavy atom. The number of carbonyl (C=O) groups is 3. The Hall–Kier alpha value is -1.79. The number of amides is 2. The number of rotatable bonds is 5. The zero-order chi connectivity index (χ0) is 20.8. The number of hydrogen-bond donors (Lipinski definition) is 2. The fourth-order valence-corrected chi connectivity index (χ4v) is 4.16. The Kier molecular flexibility index (Phi) is 7.78. The van der Waals surface area contributed by atoms with Crippen LogP contribution in [0.1, 0.15) is 29.6 Å². The predicted octanol–water partition coefficient (Wildman–Crippen LogP) is 1.22. The molecule has 2 amide bonds. The highest BCUT2D eigenvalue weighted by Crippen LogP contribution is 2.15. The van der Waals surface area contributed by atoms with Crippen LogP contribution in [0, 0.1) is 3.57 Å². The van der Waals surface area contributed by atoms with Crippen molar-refractivity contribution in [2.24, 2.45) is 0 Å². The molecule has 2 fully saturated rings. The first-order valence-electron chi connectivity index (χ1n) is 9.37. The van der Waals surface area contributed by atoms with Crippen molar-refractivity contribution < 1.29 is 23.9 Å². The average molecular weight is 531 g/mol. The van der Waals surface area contributed by atoms with Crippen LogP contribution < -0.4 is 10.6 Å². The largest absolute Gasteiger partial charge is 0.463 e. The summed E-state index contributed by atoms with van der Waals surface area (Å²) >= 11 is 7.44. The Morgan fingerprint density at radius 2 is 2.17 bits per heavy atom. The SMILES string of the molecule is O=C(CC1C(=O)NCCN1C(=S)NC(=O)c1ccccc1I)OCC1CCCO1. The topological polar surface area (TPSA) is 97.0 Å². The molecule has 2 N–H and O–H groups in total. The lowest BCUT2D eigenvalue weighted by Crippen LogP contribution is -2.60. The second-order valence-electron chi connectivity index (χ2n) is 6.76. The van der Waals surface area contributed by atoms with Crippen LogP contribution in [0.5, 0.6) is 0 Å². The van der Waals surface area contributed by atoms with Gasteiger partial charge in [-0.3, -0.25) is 19.7 Å². The minimum atomic E-state index is -0.830. The van der Waals surface area contributed by atoms with Gasteiger partial charge in [0.15, 0.2) is 5.11 Å². The third-order valence-electron chi connectivity index (χ3n) is 4.74. The van der Waals surface area contributed by atoms with Gasteiger partial charge in [0.05, 0.1) is 18.1 Å². The molecule has 29 heavy (non-hydrogen) atoms. The Bertz CT molecular complexity index is 800. The van der Waals surface area contributed by atoms with Gasteiger partial charge in [0.1, 0.15) is 12.6 Å². The van der Waals surface area contributed by atoms with E-state index in [0.29, 0.717) is 25.3 Å². The van der Waals surface area contributed by atoms with Crippen molar-refractivity contribution in [3.05, 3.63) is 33.4 Å². The predicted molar refractivity (Wildman–Crippen MR) is 117 cm³/mol. The molecule has 2 saturated heterocycles. The first-order chi connectivity index (χ1) is 14.0. The van der Waals surface area contributed by atoms with E-state index in [1.165, 1.54) is 0 Å². The van der Waals surface area contributed by atoms with Crippen LogP contribution >= 0.6 is 34.8 Å². The van der Waals surface area contributed by atoms with Crippen LogP contribution in [-0.4, -0.2) is 66.2 Å². The van der Waals surface area contributed by atoms with Crippen molar-refractivity contribution in [3.63, 3.8) is 0 Å². The van der Waals surface area contributed by atoms with Gasteiger partial charge in [0, 0.05) is 23.3 Å². The monoisotopic (exact) mass is 531 g/mol. The standard InChI is InChI=1S/C19H22IN3O5S/c20-14-6-2-1-5-13(14)17(25)22-19(29)23-8-7-21-18(26)15(23)10-16(24)28-11-12-4-3-9-27-12/h1-2,5-6,12,15H,3-4,7-11H2,(H,21,26)(H,22,25,29). The van der Waals surface area contributed by atoms with Gasteiger partial charge in [-0.25, -0.2) is 0 Å². The lowest BCUT2D eigenvalue weighted by Gasteiger charge is -2.36. The third-order valence-corrected chi connectivity index (χ3v) is 6.02. The number of halogens is 1. The van der Waals surface area contributed by atoms with Crippen LogP contribution in [0.15, 0.2) is 24.3 Å². The molecule has 1 aromatic carbocycles. The average Bonchev–Trinajstić information content (AvgIpc) is 3.22. The molecule has 0 aliphatic carbocycles. The van der Waals surface area contributed by atoms with E-state index in [1.807, 2.05) is 12.1 Å². The van der Waals surface area contributed by atoms with Crippen LogP contribution in [0.4, 0.5) is 0 Å². The summed E-state index contributed by atoms with van der Waals surface area (Å²) in [6.45, 7) is 1.62. The number of carbonyl (C=O) groups excluding carboxylic acids is 3. The van der Waals surface area contributed by atoms with Gasteiger partial charge in [-0.15, -0.1) is 0 Å². The second kappa shape index (κ2) is 10.3. The van der Waals surface area contributed by atoms with Crippen LogP contribution in [0.2, 0.25) is 0 Å². The maximum Gasteiger partial charge on any atom is 0.308 e. The van der Waals surface area contributed by atoms with E-state index in [-0.39, 0.29) is 36.1 Å². The summed E-state index contributed by atoms with van der Waals surface area (Å²) in [6, 6.07) is 6.29. The summed E-state index contributed by atoms with van der Waals surface area (Å²) in [7, 11) is 0. The highest BCUT2D eigenvalue weighted by molar-refractivity contribution is 14.1. The molecule has 0 bridgehead atoms. The molecule has 1 aromatic rings. The van der Waals surface area contributed by atoms with Crippen molar-refractivity contribution in [3.8, 4) is 0 Å². The lowest BCUT2D eigenvalue weighted by molar-refractivity contribution is -0.150. The van der Waals surface area contributed by atoms with Crippen LogP contribution in [0.3, 0.4) is 0 Å². The molecular formula is C19H22IN3O5S. The highest BCUT2D eigenvalue weighted by atomic mass is 127. The number of esters is 1. The minimum absolute atomic E-state index is 0.0797. The van der Waals surface area contributed by atoms with Crippen molar-refractivity contribution in [2.45, 2.75) is 31.4 Å². The normalized spacial score (nSPS) is 21.4. The second-order valence-corrected chi connectivity index (χ2v) is 8.31. The van der Waals surface area contributed by atoms with Gasteiger partial charge in [-0.2, -0.15) is 0 Å². The fraction of sp³-hybridized carbons (Fsp3) is 0.474. The van der Waals surface area contributed by atoms with Gasteiger partial charge in [0.25, 0.3) is 5.91 Å². The Labute approximate surface area is 187 Å². The van der Waals surface area contributed by atoms with E-state index in [9.17, 15) is 14.4 Å². The summed E-state index contributed by atoms with van der Waals surface area (Å²) in [6.07, 6.45) is 1.58. The Balaban J connectivity index is 1.60. The van der Waals surface area contributed by atoms with E-state index < -0.39 is 12.0 Å². The van der Waals surface area contributed by atoms with Crippen molar-refractivity contribution >= 4 is 57.7 Å². The van der Waals surface area contributed by atoms with E-state index in [1.54, 1.807) is 17.0 Å². The Morgan fingerprint density at radius 3 is 2.90 bits per heavy atom. The molecule has 2 atom stereocenters. The smallest absolute Gasteiger partial charge is 0.308 e. The zero-order valence-corrected chi connectivity index (χ0v) is 18.7. The van der Waals surface area contributed by atoms with Crippen LogP contribution in [-0.2, 0) is 19.1 Å². The maximum absolute atomic E-state index is 12.5. The number of hydrogen-bond acceptors (Lipinski definition) is 6. The first-order valence-corrected chi connectivity index (χ1v) is 10.9. The minimum Gasteiger partial charge on any atom is -0.463 e. The van der Waals surface area contributed by atoms with Crippen molar-refractivity contribution in [2.75, 3.05) is 26.3 Å². The molecule has 2 heterocycles. The number of piperazine rings is 1. The number of nitrogens with zero attached hydrogens (tertiary/aromatic N) is 1. The van der Waals surface area contributed by atoms with E-state index in [2.05, 4.69) is 33.2 Å². The molecule has 8 nitrogen and oxygen atoms in total. The zero-order valence-electron chi connectivity index (χ0n) is 15.7.